The zero-order chi connectivity index (χ0) is 18.5. The van der Waals surface area contributed by atoms with Gasteiger partial charge in [0.15, 0.2) is 0 Å². The van der Waals surface area contributed by atoms with Gasteiger partial charge in [0.05, 0.1) is 5.56 Å². The molecule has 0 unspecified atom stereocenters. The van der Waals surface area contributed by atoms with E-state index in [4.69, 9.17) is 0 Å². The van der Waals surface area contributed by atoms with Gasteiger partial charge < -0.3 is 9.80 Å². The first-order valence-corrected chi connectivity index (χ1v) is 9.52. The fourth-order valence-corrected chi connectivity index (χ4v) is 3.80. The van der Waals surface area contributed by atoms with Gasteiger partial charge in [0, 0.05) is 33.4 Å². The van der Waals surface area contributed by atoms with Crippen molar-refractivity contribution >= 4 is 11.7 Å². The Morgan fingerprint density at radius 3 is 2.81 bits per heavy atom. The number of amides is 1. The summed E-state index contributed by atoms with van der Waals surface area (Å²) >= 11 is 0. The van der Waals surface area contributed by atoms with Crippen LogP contribution < -0.4 is 4.90 Å². The van der Waals surface area contributed by atoms with Crippen molar-refractivity contribution < 1.29 is 4.79 Å². The molecule has 2 heterocycles. The van der Waals surface area contributed by atoms with Crippen molar-refractivity contribution in [3.05, 3.63) is 59.3 Å². The first kappa shape index (κ1) is 18.4. The predicted molar refractivity (Wildman–Crippen MR) is 107 cm³/mol. The third-order valence-electron chi connectivity index (χ3n) is 5.32. The molecule has 1 fully saturated rings. The van der Waals surface area contributed by atoms with E-state index in [2.05, 4.69) is 41.1 Å². The minimum Gasteiger partial charge on any atom is -0.356 e. The summed E-state index contributed by atoms with van der Waals surface area (Å²) in [7, 11) is 3.58. The first-order valence-electron chi connectivity index (χ1n) is 9.52. The van der Waals surface area contributed by atoms with E-state index in [9.17, 15) is 4.79 Å². The number of carbonyl (C=O) groups is 1. The largest absolute Gasteiger partial charge is 0.356 e. The van der Waals surface area contributed by atoms with Crippen LogP contribution in [0.1, 0.15) is 40.7 Å². The predicted octanol–water partition coefficient (Wildman–Crippen LogP) is 3.94. The molecule has 0 N–H and O–H groups in total. The third-order valence-corrected chi connectivity index (χ3v) is 5.32. The molecule has 3 rings (SSSR count). The molecule has 1 amide bonds. The molecule has 1 aliphatic rings. The lowest BCUT2D eigenvalue weighted by Gasteiger charge is -2.34. The second-order valence-electron chi connectivity index (χ2n) is 7.49. The highest BCUT2D eigenvalue weighted by Gasteiger charge is 2.25. The molecule has 138 valence electrons. The minimum absolute atomic E-state index is 0.0233. The Labute approximate surface area is 156 Å². The molecule has 2 aromatic rings. The number of hydrogen-bond donors (Lipinski definition) is 0. The van der Waals surface area contributed by atoms with Crippen LogP contribution in [0.3, 0.4) is 0 Å². The van der Waals surface area contributed by atoms with Gasteiger partial charge >= 0.3 is 0 Å². The second kappa shape index (κ2) is 8.35. The fraction of sp³-hybridized carbons (Fsp3) is 0.455. The van der Waals surface area contributed by atoms with Crippen molar-refractivity contribution in [1.29, 1.82) is 0 Å². The van der Waals surface area contributed by atoms with Crippen LogP contribution in [-0.2, 0) is 6.42 Å². The molecule has 0 bridgehead atoms. The number of aromatic nitrogens is 1. The molecule has 1 atom stereocenters. The van der Waals surface area contributed by atoms with Crippen LogP contribution in [0.15, 0.2) is 42.6 Å². The Kier molecular flexibility index (Phi) is 5.92. The molecule has 1 aromatic carbocycles. The SMILES string of the molecule is Cc1ccccc1CC[C@H]1CCCN(c2ncccc2C(=O)N(C)C)C1. The van der Waals surface area contributed by atoms with E-state index in [1.807, 2.05) is 12.1 Å². The molecule has 4 nitrogen and oxygen atoms in total. The average Bonchev–Trinajstić information content (AvgIpc) is 2.67. The van der Waals surface area contributed by atoms with Gasteiger partial charge in [0.2, 0.25) is 0 Å². The Morgan fingerprint density at radius 2 is 2.04 bits per heavy atom. The monoisotopic (exact) mass is 351 g/mol. The van der Waals surface area contributed by atoms with Crippen LogP contribution >= 0.6 is 0 Å². The number of carbonyl (C=O) groups excluding carboxylic acids is 1. The lowest BCUT2D eigenvalue weighted by atomic mass is 9.90. The van der Waals surface area contributed by atoms with Crippen molar-refractivity contribution in [2.45, 2.75) is 32.6 Å². The van der Waals surface area contributed by atoms with E-state index in [1.165, 1.54) is 24.0 Å². The Balaban J connectivity index is 1.69. The Morgan fingerprint density at radius 1 is 1.23 bits per heavy atom. The maximum absolute atomic E-state index is 12.5. The molecule has 1 saturated heterocycles. The molecule has 26 heavy (non-hydrogen) atoms. The van der Waals surface area contributed by atoms with Gasteiger partial charge in [-0.25, -0.2) is 4.98 Å². The maximum Gasteiger partial charge on any atom is 0.257 e. The zero-order valence-corrected chi connectivity index (χ0v) is 16.1. The van der Waals surface area contributed by atoms with Crippen molar-refractivity contribution in [2.24, 2.45) is 5.92 Å². The van der Waals surface area contributed by atoms with Crippen molar-refractivity contribution in [3.63, 3.8) is 0 Å². The molecule has 0 spiro atoms. The van der Waals surface area contributed by atoms with E-state index in [1.54, 1.807) is 25.2 Å². The molecular weight excluding hydrogens is 322 g/mol. The summed E-state index contributed by atoms with van der Waals surface area (Å²) in [5, 5.41) is 0. The van der Waals surface area contributed by atoms with E-state index in [-0.39, 0.29) is 5.91 Å². The average molecular weight is 351 g/mol. The molecule has 0 radical (unpaired) electrons. The number of piperidine rings is 1. The topological polar surface area (TPSA) is 36.4 Å². The molecule has 0 aliphatic carbocycles. The maximum atomic E-state index is 12.5. The number of benzene rings is 1. The fourth-order valence-electron chi connectivity index (χ4n) is 3.80. The highest BCUT2D eigenvalue weighted by Crippen LogP contribution is 2.27. The van der Waals surface area contributed by atoms with Crippen LogP contribution in [0.4, 0.5) is 5.82 Å². The summed E-state index contributed by atoms with van der Waals surface area (Å²) in [5.74, 6) is 1.51. The number of rotatable bonds is 5. The van der Waals surface area contributed by atoms with Crippen LogP contribution in [0.5, 0.6) is 0 Å². The third kappa shape index (κ3) is 4.24. The van der Waals surface area contributed by atoms with Gasteiger partial charge in [-0.3, -0.25) is 4.79 Å². The van der Waals surface area contributed by atoms with E-state index in [0.717, 1.165) is 31.7 Å². The van der Waals surface area contributed by atoms with Gasteiger partial charge in [-0.2, -0.15) is 0 Å². The zero-order valence-electron chi connectivity index (χ0n) is 16.1. The summed E-state index contributed by atoms with van der Waals surface area (Å²) in [4.78, 5) is 21.0. The molecule has 4 heteroatoms. The molecular formula is C22H29N3O. The smallest absolute Gasteiger partial charge is 0.257 e. The van der Waals surface area contributed by atoms with Crippen LogP contribution in [-0.4, -0.2) is 43.0 Å². The van der Waals surface area contributed by atoms with Crippen molar-refractivity contribution in [2.75, 3.05) is 32.1 Å². The van der Waals surface area contributed by atoms with Crippen molar-refractivity contribution in [1.82, 2.24) is 9.88 Å². The normalized spacial score (nSPS) is 17.2. The summed E-state index contributed by atoms with van der Waals surface area (Å²) in [6, 6.07) is 12.4. The minimum atomic E-state index is 0.0233. The summed E-state index contributed by atoms with van der Waals surface area (Å²) < 4.78 is 0. The van der Waals surface area contributed by atoms with Gasteiger partial charge in [-0.1, -0.05) is 24.3 Å². The highest BCUT2D eigenvalue weighted by atomic mass is 16.2. The highest BCUT2D eigenvalue weighted by molar-refractivity contribution is 5.98. The quantitative estimate of drug-likeness (QED) is 0.819. The number of hydrogen-bond acceptors (Lipinski definition) is 3. The summed E-state index contributed by atoms with van der Waals surface area (Å²) in [6.45, 7) is 4.15. The lowest BCUT2D eigenvalue weighted by molar-refractivity contribution is 0.0827. The van der Waals surface area contributed by atoms with E-state index < -0.39 is 0 Å². The van der Waals surface area contributed by atoms with Crippen LogP contribution in [0, 0.1) is 12.8 Å². The lowest BCUT2D eigenvalue weighted by Crippen LogP contribution is -2.38. The second-order valence-corrected chi connectivity index (χ2v) is 7.49. The van der Waals surface area contributed by atoms with Gasteiger partial charge in [-0.05, 0) is 61.8 Å². The van der Waals surface area contributed by atoms with E-state index in [0.29, 0.717) is 11.5 Å². The van der Waals surface area contributed by atoms with E-state index >= 15 is 0 Å². The van der Waals surface area contributed by atoms with Crippen LogP contribution in [0.2, 0.25) is 0 Å². The Hall–Kier alpha value is -2.36. The Bertz CT molecular complexity index is 757. The van der Waals surface area contributed by atoms with Gasteiger partial charge in [0.1, 0.15) is 5.82 Å². The van der Waals surface area contributed by atoms with Crippen molar-refractivity contribution in [3.8, 4) is 0 Å². The molecule has 1 aromatic heterocycles. The molecule has 0 saturated carbocycles. The standard InChI is InChI=1S/C22H29N3O/c1-17-8-4-5-10-19(17)13-12-18-9-7-15-25(16-18)21-20(11-6-14-23-21)22(26)24(2)3/h4-6,8,10-11,14,18H,7,9,12-13,15-16H2,1-3H3/t18-/m1/s1. The number of pyridine rings is 1. The summed E-state index contributed by atoms with van der Waals surface area (Å²) in [5.41, 5.74) is 3.53. The number of aryl methyl sites for hydroxylation is 2. The number of nitrogens with zero attached hydrogens (tertiary/aromatic N) is 3. The number of anilines is 1. The van der Waals surface area contributed by atoms with Gasteiger partial charge in [0.25, 0.3) is 5.91 Å². The summed E-state index contributed by atoms with van der Waals surface area (Å²) in [6.07, 6.45) is 6.51. The molecule has 1 aliphatic heterocycles. The first-order chi connectivity index (χ1) is 12.6. The van der Waals surface area contributed by atoms with Crippen LogP contribution in [0.25, 0.3) is 0 Å². The van der Waals surface area contributed by atoms with Gasteiger partial charge in [-0.15, -0.1) is 0 Å².